The molecule has 3 rings (SSSR count). The van der Waals surface area contributed by atoms with Crippen LogP contribution >= 0.6 is 11.3 Å². The highest BCUT2D eigenvalue weighted by molar-refractivity contribution is 7.22. The highest BCUT2D eigenvalue weighted by Gasteiger charge is 2.12. The van der Waals surface area contributed by atoms with Crippen LogP contribution in [0.15, 0.2) is 36.5 Å². The van der Waals surface area contributed by atoms with Crippen molar-refractivity contribution in [2.75, 3.05) is 5.32 Å². The third-order valence-corrected chi connectivity index (χ3v) is 3.48. The normalized spacial score (nSPS) is 10.7. The number of benzene rings is 1. The zero-order valence-corrected chi connectivity index (χ0v) is 10.8. The van der Waals surface area contributed by atoms with E-state index in [1.54, 1.807) is 12.1 Å². The molecule has 2 aromatic heterocycles. The molecule has 0 aliphatic heterocycles. The molecular formula is C13H8FN3O2S. The maximum absolute atomic E-state index is 13.0. The van der Waals surface area contributed by atoms with Gasteiger partial charge in [-0.3, -0.25) is 15.1 Å². The van der Waals surface area contributed by atoms with Crippen molar-refractivity contribution in [2.24, 2.45) is 0 Å². The molecule has 0 aliphatic carbocycles. The van der Waals surface area contributed by atoms with Crippen molar-refractivity contribution >= 4 is 32.6 Å². The van der Waals surface area contributed by atoms with Crippen molar-refractivity contribution in [3.05, 3.63) is 48.0 Å². The molecule has 0 bridgehead atoms. The standard InChI is InChI=1S/C13H8FN3O2S/c14-7-3-4-15-10(5-7)12(19)17-13-16-9-2-1-8(18)6-11(9)20-13/h1-6,18H,(H,16,17,19)/i14-1. The molecule has 0 atom stereocenters. The molecule has 7 heteroatoms. The van der Waals surface area contributed by atoms with E-state index in [9.17, 15) is 14.3 Å². The van der Waals surface area contributed by atoms with Gasteiger partial charge in [-0.25, -0.2) is 9.37 Å². The summed E-state index contributed by atoms with van der Waals surface area (Å²) in [5.41, 5.74) is 0.641. The lowest BCUT2D eigenvalue weighted by atomic mass is 10.3. The number of hydrogen-bond acceptors (Lipinski definition) is 5. The number of hydrogen-bond donors (Lipinski definition) is 2. The number of phenolic OH excluding ortho intramolecular Hbond substituents is 1. The van der Waals surface area contributed by atoms with Crippen LogP contribution in [0.3, 0.4) is 0 Å². The van der Waals surface area contributed by atoms with Gasteiger partial charge in [0.2, 0.25) is 0 Å². The average Bonchev–Trinajstić information content (AvgIpc) is 2.80. The Kier molecular flexibility index (Phi) is 3.03. The molecule has 0 saturated carbocycles. The minimum absolute atomic E-state index is 0.0212. The topological polar surface area (TPSA) is 75.1 Å². The second-order valence-electron chi connectivity index (χ2n) is 3.98. The molecule has 0 aliphatic rings. The summed E-state index contributed by atoms with van der Waals surface area (Å²) in [5.74, 6) is -0.932. The Balaban J connectivity index is 1.87. The minimum Gasteiger partial charge on any atom is -0.508 e. The van der Waals surface area contributed by atoms with E-state index in [2.05, 4.69) is 15.3 Å². The average molecular weight is 288 g/mol. The van der Waals surface area contributed by atoms with Gasteiger partial charge in [0, 0.05) is 12.3 Å². The van der Waals surface area contributed by atoms with E-state index in [0.29, 0.717) is 10.6 Å². The van der Waals surface area contributed by atoms with E-state index in [1.165, 1.54) is 23.6 Å². The summed E-state index contributed by atoms with van der Waals surface area (Å²) in [6.07, 6.45) is 1.22. The fourth-order valence-corrected chi connectivity index (χ4v) is 2.55. The van der Waals surface area contributed by atoms with Crippen LogP contribution in [0.25, 0.3) is 10.2 Å². The van der Waals surface area contributed by atoms with Crippen molar-refractivity contribution in [1.82, 2.24) is 9.97 Å². The maximum atomic E-state index is 13.0. The lowest BCUT2D eigenvalue weighted by Gasteiger charge is -2.00. The fraction of sp³-hybridized carbons (Fsp3) is 0. The van der Waals surface area contributed by atoms with Crippen molar-refractivity contribution in [2.45, 2.75) is 0 Å². The molecule has 1 amide bonds. The van der Waals surface area contributed by atoms with Crippen LogP contribution in [0.4, 0.5) is 9.52 Å². The number of amides is 1. The number of anilines is 1. The molecule has 0 spiro atoms. The number of carbonyl (C=O) groups is 1. The molecule has 0 unspecified atom stereocenters. The van der Waals surface area contributed by atoms with Crippen molar-refractivity contribution in [3.63, 3.8) is 0 Å². The molecular weight excluding hydrogens is 280 g/mol. The molecule has 0 fully saturated rings. The van der Waals surface area contributed by atoms with Crippen molar-refractivity contribution in [1.29, 1.82) is 0 Å². The number of nitrogens with zero attached hydrogens (tertiary/aromatic N) is 2. The van der Waals surface area contributed by atoms with Gasteiger partial charge in [0.05, 0.1) is 10.2 Å². The second-order valence-corrected chi connectivity index (χ2v) is 5.02. The molecule has 20 heavy (non-hydrogen) atoms. The van der Waals surface area contributed by atoms with Gasteiger partial charge in [0.15, 0.2) is 5.13 Å². The Hall–Kier alpha value is -2.54. The molecule has 2 N–H and O–H groups in total. The summed E-state index contributed by atoms with van der Waals surface area (Å²) in [6, 6.07) is 6.94. The van der Waals surface area contributed by atoms with E-state index in [-0.39, 0.29) is 11.4 Å². The van der Waals surface area contributed by atoms with Gasteiger partial charge in [-0.05, 0) is 24.3 Å². The number of phenols is 1. The number of carbonyl (C=O) groups excluding carboxylic acids is 1. The van der Waals surface area contributed by atoms with E-state index in [4.69, 9.17) is 0 Å². The number of aromatic hydroxyl groups is 1. The zero-order chi connectivity index (χ0) is 14.1. The van der Waals surface area contributed by atoms with Crippen LogP contribution in [0.2, 0.25) is 0 Å². The molecule has 0 radical (unpaired) electrons. The number of thiazole rings is 1. The highest BCUT2D eigenvalue weighted by Crippen LogP contribution is 2.28. The molecule has 0 saturated heterocycles. The highest BCUT2D eigenvalue weighted by atomic mass is 32.1. The predicted octanol–water partition coefficient (Wildman–Crippen LogP) is 2.79. The molecule has 2 heterocycles. The van der Waals surface area contributed by atoms with Gasteiger partial charge in [-0.2, -0.15) is 0 Å². The Bertz CT molecular complexity index is 803. The summed E-state index contributed by atoms with van der Waals surface area (Å²) in [6.45, 7) is 0. The van der Waals surface area contributed by atoms with Crippen molar-refractivity contribution < 1.29 is 14.3 Å². The van der Waals surface area contributed by atoms with Crippen LogP contribution in [0, 0.1) is 5.82 Å². The van der Waals surface area contributed by atoms with Crippen molar-refractivity contribution in [3.8, 4) is 5.75 Å². The number of halogens is 1. The van der Waals surface area contributed by atoms with Gasteiger partial charge in [0.1, 0.15) is 17.3 Å². The monoisotopic (exact) mass is 288 g/mol. The fourth-order valence-electron chi connectivity index (χ4n) is 1.66. The second kappa shape index (κ2) is 4.86. The zero-order valence-electron chi connectivity index (χ0n) is 10.0. The number of pyridine rings is 1. The van der Waals surface area contributed by atoms with Crippen LogP contribution in [0.1, 0.15) is 10.5 Å². The number of aromatic nitrogens is 2. The largest absolute Gasteiger partial charge is 0.508 e. The number of fused-ring (bicyclic) bond motifs is 1. The first-order valence-corrected chi connectivity index (χ1v) is 6.46. The van der Waals surface area contributed by atoms with Gasteiger partial charge in [-0.1, -0.05) is 11.3 Å². The SMILES string of the molecule is O=C(Nc1nc2ccc(O)cc2s1)c1cc([18F])ccn1. The third-order valence-electron chi connectivity index (χ3n) is 2.55. The maximum Gasteiger partial charge on any atom is 0.276 e. The summed E-state index contributed by atoms with van der Waals surface area (Å²) < 4.78 is 13.8. The number of rotatable bonds is 2. The lowest BCUT2D eigenvalue weighted by molar-refractivity contribution is 0.102. The van der Waals surface area contributed by atoms with E-state index in [0.717, 1.165) is 16.8 Å². The summed E-state index contributed by atoms with van der Waals surface area (Å²) >= 11 is 1.21. The van der Waals surface area contributed by atoms with Crippen LogP contribution in [0.5, 0.6) is 5.75 Å². The summed E-state index contributed by atoms with van der Waals surface area (Å²) in [7, 11) is 0. The van der Waals surface area contributed by atoms with Crippen LogP contribution in [-0.4, -0.2) is 21.0 Å². The Morgan fingerprint density at radius 1 is 1.30 bits per heavy atom. The van der Waals surface area contributed by atoms with Crippen LogP contribution in [-0.2, 0) is 0 Å². The van der Waals surface area contributed by atoms with E-state index < -0.39 is 11.7 Å². The number of nitrogens with one attached hydrogen (secondary N) is 1. The van der Waals surface area contributed by atoms with Gasteiger partial charge < -0.3 is 5.11 Å². The summed E-state index contributed by atoms with van der Waals surface area (Å²) in [5, 5.41) is 12.3. The Labute approximate surface area is 116 Å². The first-order valence-electron chi connectivity index (χ1n) is 5.64. The first kappa shape index (κ1) is 12.5. The molecule has 3 aromatic rings. The van der Waals surface area contributed by atoms with E-state index >= 15 is 0 Å². The minimum atomic E-state index is -0.534. The Morgan fingerprint density at radius 2 is 2.15 bits per heavy atom. The van der Waals surface area contributed by atoms with E-state index in [1.807, 2.05) is 0 Å². The molecule has 5 nitrogen and oxygen atoms in total. The third kappa shape index (κ3) is 2.43. The molecule has 1 aromatic carbocycles. The predicted molar refractivity (Wildman–Crippen MR) is 73.4 cm³/mol. The smallest absolute Gasteiger partial charge is 0.276 e. The van der Waals surface area contributed by atoms with Crippen LogP contribution < -0.4 is 5.32 Å². The summed E-state index contributed by atoms with van der Waals surface area (Å²) in [4.78, 5) is 19.9. The first-order chi connectivity index (χ1) is 9.61. The van der Waals surface area contributed by atoms with Gasteiger partial charge in [-0.15, -0.1) is 0 Å². The quantitative estimate of drug-likeness (QED) is 0.760. The molecule has 100 valence electrons. The lowest BCUT2D eigenvalue weighted by Crippen LogP contribution is -2.13. The van der Waals surface area contributed by atoms with Gasteiger partial charge >= 0.3 is 0 Å². The Morgan fingerprint density at radius 3 is 2.95 bits per heavy atom. The van der Waals surface area contributed by atoms with Gasteiger partial charge in [0.25, 0.3) is 5.91 Å².